The zero-order valence-corrected chi connectivity index (χ0v) is 16.8. The van der Waals surface area contributed by atoms with E-state index in [9.17, 15) is 14.9 Å². The predicted octanol–water partition coefficient (Wildman–Crippen LogP) is 3.25. The maximum absolute atomic E-state index is 12.2. The van der Waals surface area contributed by atoms with E-state index in [1.54, 1.807) is 25.1 Å². The lowest BCUT2D eigenvalue weighted by Gasteiger charge is -2.27. The van der Waals surface area contributed by atoms with E-state index < -0.39 is 16.9 Å². The fraction of sp³-hybridized carbons (Fsp3) is 0.150. The number of para-hydroxylation sites is 1. The molecule has 4 rings (SSSR count). The third kappa shape index (κ3) is 3.64. The molecule has 152 valence electrons. The topological polar surface area (TPSA) is 129 Å². The lowest BCUT2D eigenvalue weighted by molar-refractivity contribution is -0.385. The molecule has 0 fully saturated rings. The quantitative estimate of drug-likeness (QED) is 0.354. The molecule has 0 spiro atoms. The molecule has 1 unspecified atom stereocenters. The Morgan fingerprint density at radius 1 is 1.23 bits per heavy atom. The van der Waals surface area contributed by atoms with E-state index in [2.05, 4.69) is 15.4 Å². The Morgan fingerprint density at radius 2 is 1.93 bits per heavy atom. The molecule has 2 heterocycles. The summed E-state index contributed by atoms with van der Waals surface area (Å²) in [6, 6.07) is 15.3. The fourth-order valence-corrected chi connectivity index (χ4v) is 4.19. The molecule has 0 radical (unpaired) electrons. The van der Waals surface area contributed by atoms with Gasteiger partial charge >= 0.3 is 0 Å². The van der Waals surface area contributed by atoms with Crippen LogP contribution in [0.1, 0.15) is 24.1 Å². The number of nitro benzene ring substituents is 1. The number of aromatic nitrogens is 3. The van der Waals surface area contributed by atoms with Crippen molar-refractivity contribution in [1.29, 1.82) is 0 Å². The van der Waals surface area contributed by atoms with E-state index in [1.165, 1.54) is 22.5 Å². The SMILES string of the molecule is CC1=C(C(N)=O)C(c2ccccc2[N+](=O)[O-])n2nc(SCc3ccccc3)nc2N1. The monoisotopic (exact) mass is 422 g/mol. The number of amides is 1. The van der Waals surface area contributed by atoms with Gasteiger partial charge in [0.25, 0.3) is 5.69 Å². The van der Waals surface area contributed by atoms with E-state index in [4.69, 9.17) is 5.73 Å². The number of primary amides is 1. The molecule has 2 aromatic carbocycles. The molecule has 9 nitrogen and oxygen atoms in total. The highest BCUT2D eigenvalue weighted by atomic mass is 32.2. The molecule has 1 atom stereocenters. The van der Waals surface area contributed by atoms with Crippen molar-refractivity contribution in [2.75, 3.05) is 5.32 Å². The molecule has 3 N–H and O–H groups in total. The molecule has 0 bridgehead atoms. The number of thioether (sulfide) groups is 1. The Balaban J connectivity index is 1.76. The molecule has 30 heavy (non-hydrogen) atoms. The molecule has 1 aromatic heterocycles. The van der Waals surface area contributed by atoms with Crippen molar-refractivity contribution < 1.29 is 9.72 Å². The first-order chi connectivity index (χ1) is 14.5. The standard InChI is InChI=1S/C20H18N6O3S/c1-12-16(18(21)27)17(14-9-5-6-10-15(14)26(28)29)25-19(22-12)23-20(24-25)30-11-13-7-3-2-4-8-13/h2-10,17H,11H2,1H3,(H2,21,27)(H,22,23,24). The average molecular weight is 422 g/mol. The summed E-state index contributed by atoms with van der Waals surface area (Å²) in [7, 11) is 0. The van der Waals surface area contributed by atoms with E-state index >= 15 is 0 Å². The number of allylic oxidation sites excluding steroid dienone is 1. The largest absolute Gasteiger partial charge is 0.366 e. The summed E-state index contributed by atoms with van der Waals surface area (Å²) in [5.41, 5.74) is 7.66. The van der Waals surface area contributed by atoms with Crippen LogP contribution in [0.3, 0.4) is 0 Å². The molecule has 0 saturated carbocycles. The predicted molar refractivity (Wildman–Crippen MR) is 113 cm³/mol. The third-order valence-electron chi connectivity index (χ3n) is 4.74. The van der Waals surface area contributed by atoms with Crippen LogP contribution in [0.4, 0.5) is 11.6 Å². The maximum Gasteiger partial charge on any atom is 0.275 e. The number of carbonyl (C=O) groups excluding carboxylic acids is 1. The zero-order valence-electron chi connectivity index (χ0n) is 16.0. The fourth-order valence-electron chi connectivity index (χ4n) is 3.41. The first-order valence-electron chi connectivity index (χ1n) is 9.10. The Labute approximate surface area is 176 Å². The van der Waals surface area contributed by atoms with Gasteiger partial charge in [-0.1, -0.05) is 54.2 Å². The number of nitro groups is 1. The second-order valence-corrected chi connectivity index (χ2v) is 7.63. The lowest BCUT2D eigenvalue weighted by Crippen LogP contribution is -2.32. The first kappa shape index (κ1) is 19.6. The summed E-state index contributed by atoms with van der Waals surface area (Å²) >= 11 is 1.43. The summed E-state index contributed by atoms with van der Waals surface area (Å²) in [5, 5.41) is 19.7. The van der Waals surface area contributed by atoms with E-state index in [1.807, 2.05) is 30.3 Å². The molecular weight excluding hydrogens is 404 g/mol. The molecule has 1 aliphatic heterocycles. The van der Waals surface area contributed by atoms with Crippen molar-refractivity contribution >= 4 is 29.3 Å². The highest BCUT2D eigenvalue weighted by molar-refractivity contribution is 7.98. The van der Waals surface area contributed by atoms with Crippen LogP contribution in [0.2, 0.25) is 0 Å². The van der Waals surface area contributed by atoms with Gasteiger partial charge in [-0.25, -0.2) is 4.68 Å². The number of nitrogens with one attached hydrogen (secondary N) is 1. The molecule has 0 aliphatic carbocycles. The second-order valence-electron chi connectivity index (χ2n) is 6.68. The summed E-state index contributed by atoms with van der Waals surface area (Å²) in [4.78, 5) is 27.9. The Kier molecular flexibility index (Phi) is 5.23. The van der Waals surface area contributed by atoms with Gasteiger partial charge in [0.15, 0.2) is 0 Å². The van der Waals surface area contributed by atoms with Gasteiger partial charge in [0, 0.05) is 17.5 Å². The molecule has 3 aromatic rings. The van der Waals surface area contributed by atoms with Gasteiger partial charge in [-0.3, -0.25) is 14.9 Å². The second kappa shape index (κ2) is 7.99. The number of hydrogen-bond donors (Lipinski definition) is 2. The van der Waals surface area contributed by atoms with Gasteiger partial charge in [0.1, 0.15) is 6.04 Å². The van der Waals surface area contributed by atoms with Gasteiger partial charge in [-0.2, -0.15) is 4.98 Å². The van der Waals surface area contributed by atoms with Crippen molar-refractivity contribution in [3.63, 3.8) is 0 Å². The number of rotatable bonds is 6. The van der Waals surface area contributed by atoms with Crippen molar-refractivity contribution in [3.8, 4) is 0 Å². The summed E-state index contributed by atoms with van der Waals surface area (Å²) in [6.07, 6.45) is 0. The van der Waals surface area contributed by atoms with Crippen molar-refractivity contribution in [2.24, 2.45) is 5.73 Å². The number of nitrogens with two attached hydrogens (primary N) is 1. The van der Waals surface area contributed by atoms with Crippen LogP contribution in [0.25, 0.3) is 0 Å². The highest BCUT2D eigenvalue weighted by Gasteiger charge is 2.36. The Hall–Kier alpha value is -3.66. The number of benzene rings is 2. The first-order valence-corrected chi connectivity index (χ1v) is 10.1. The van der Waals surface area contributed by atoms with Crippen LogP contribution < -0.4 is 11.1 Å². The molecule has 0 saturated heterocycles. The van der Waals surface area contributed by atoms with Crippen molar-refractivity contribution in [3.05, 3.63) is 87.1 Å². The van der Waals surface area contributed by atoms with Gasteiger partial charge in [0.2, 0.25) is 17.0 Å². The molecule has 1 aliphatic rings. The number of hydrogen-bond acceptors (Lipinski definition) is 7. The van der Waals surface area contributed by atoms with E-state index in [0.29, 0.717) is 28.1 Å². The highest BCUT2D eigenvalue weighted by Crippen LogP contribution is 2.39. The Morgan fingerprint density at radius 3 is 2.63 bits per heavy atom. The van der Waals surface area contributed by atoms with Gasteiger partial charge in [0.05, 0.1) is 16.1 Å². The molecule has 10 heteroatoms. The zero-order chi connectivity index (χ0) is 21.3. The number of fused-ring (bicyclic) bond motifs is 1. The minimum Gasteiger partial charge on any atom is -0.366 e. The van der Waals surface area contributed by atoms with Crippen LogP contribution in [-0.4, -0.2) is 25.6 Å². The normalized spacial score (nSPS) is 15.4. The summed E-state index contributed by atoms with van der Waals surface area (Å²) in [6.45, 7) is 1.69. The van der Waals surface area contributed by atoms with Crippen LogP contribution in [-0.2, 0) is 10.5 Å². The average Bonchev–Trinajstić information content (AvgIpc) is 3.14. The summed E-state index contributed by atoms with van der Waals surface area (Å²) < 4.78 is 1.49. The van der Waals surface area contributed by atoms with Crippen LogP contribution in [0.5, 0.6) is 0 Å². The lowest BCUT2D eigenvalue weighted by atomic mass is 9.94. The third-order valence-corrected chi connectivity index (χ3v) is 5.65. The van der Waals surface area contributed by atoms with E-state index in [-0.39, 0.29) is 11.3 Å². The van der Waals surface area contributed by atoms with Crippen molar-refractivity contribution in [1.82, 2.24) is 14.8 Å². The summed E-state index contributed by atoms with van der Waals surface area (Å²) in [5.74, 6) is 0.384. The maximum atomic E-state index is 12.2. The van der Waals surface area contributed by atoms with Gasteiger partial charge in [-0.15, -0.1) is 5.10 Å². The molecule has 1 amide bonds. The van der Waals surface area contributed by atoms with Crippen LogP contribution in [0.15, 0.2) is 71.0 Å². The van der Waals surface area contributed by atoms with E-state index in [0.717, 1.165) is 5.56 Å². The smallest absolute Gasteiger partial charge is 0.275 e. The molecular formula is C20H18N6O3S. The number of anilines is 1. The number of carbonyl (C=O) groups is 1. The minimum atomic E-state index is -0.848. The van der Waals surface area contributed by atoms with Gasteiger partial charge in [-0.05, 0) is 18.6 Å². The minimum absolute atomic E-state index is 0.115. The Bertz CT molecular complexity index is 1160. The number of nitrogens with zero attached hydrogens (tertiary/aromatic N) is 4. The van der Waals surface area contributed by atoms with Crippen molar-refractivity contribution in [2.45, 2.75) is 23.9 Å². The van der Waals surface area contributed by atoms with Crippen LogP contribution >= 0.6 is 11.8 Å². The van der Waals surface area contributed by atoms with Crippen LogP contribution in [0, 0.1) is 10.1 Å². The van der Waals surface area contributed by atoms with Gasteiger partial charge < -0.3 is 11.1 Å².